The third kappa shape index (κ3) is 2.25. The Bertz CT molecular complexity index is 724. The van der Waals surface area contributed by atoms with E-state index < -0.39 is 0 Å². The second kappa shape index (κ2) is 5.17. The van der Waals surface area contributed by atoms with Gasteiger partial charge in [-0.3, -0.25) is 0 Å². The van der Waals surface area contributed by atoms with Crippen LogP contribution in [-0.2, 0) is 6.42 Å². The van der Waals surface area contributed by atoms with Gasteiger partial charge >= 0.3 is 0 Å². The van der Waals surface area contributed by atoms with Gasteiger partial charge in [0.1, 0.15) is 28.9 Å². The number of rotatable bonds is 4. The molecule has 1 unspecified atom stereocenters. The molecule has 1 atom stereocenters. The number of nitrogens with one attached hydrogen (secondary N) is 1. The lowest BCUT2D eigenvalue weighted by Gasteiger charge is -2.10. The lowest BCUT2D eigenvalue weighted by atomic mass is 10.1. The largest absolute Gasteiger partial charge is 0.464 e. The molecule has 0 saturated carbocycles. The molecule has 0 spiro atoms. The van der Waals surface area contributed by atoms with Crippen molar-refractivity contribution in [3.8, 4) is 0 Å². The molecule has 0 saturated heterocycles. The third-order valence-corrected chi connectivity index (χ3v) is 3.58. The molecule has 3 aromatic rings. The Morgan fingerprint density at radius 2 is 1.90 bits per heavy atom. The van der Waals surface area contributed by atoms with Gasteiger partial charge in [-0.1, -0.05) is 18.6 Å². The summed E-state index contributed by atoms with van der Waals surface area (Å²) >= 11 is 0. The highest BCUT2D eigenvalue weighted by Crippen LogP contribution is 2.29. The SMILES string of the molecule is CCc1ccc(C(NC)c2cc3cc(C)ccc3o2)o1. The summed E-state index contributed by atoms with van der Waals surface area (Å²) in [6.45, 7) is 4.17. The van der Waals surface area contributed by atoms with Crippen molar-refractivity contribution in [1.82, 2.24) is 5.32 Å². The van der Waals surface area contributed by atoms with Crippen LogP contribution < -0.4 is 5.32 Å². The molecule has 0 amide bonds. The Kier molecular flexibility index (Phi) is 3.36. The summed E-state index contributed by atoms with van der Waals surface area (Å²) in [5.41, 5.74) is 2.14. The van der Waals surface area contributed by atoms with Crippen molar-refractivity contribution in [2.24, 2.45) is 0 Å². The predicted octanol–water partition coefficient (Wildman–Crippen LogP) is 4.21. The van der Waals surface area contributed by atoms with Gasteiger partial charge in [-0.25, -0.2) is 0 Å². The third-order valence-electron chi connectivity index (χ3n) is 3.58. The zero-order valence-electron chi connectivity index (χ0n) is 12.1. The van der Waals surface area contributed by atoms with E-state index in [1.807, 2.05) is 25.2 Å². The molecule has 0 aliphatic heterocycles. The molecular formula is C17H19NO2. The van der Waals surface area contributed by atoms with E-state index in [9.17, 15) is 0 Å². The summed E-state index contributed by atoms with van der Waals surface area (Å²) in [7, 11) is 1.91. The van der Waals surface area contributed by atoms with Gasteiger partial charge in [-0.15, -0.1) is 0 Å². The highest BCUT2D eigenvalue weighted by atomic mass is 16.4. The Morgan fingerprint density at radius 1 is 1.05 bits per heavy atom. The van der Waals surface area contributed by atoms with Crippen LogP contribution in [0.3, 0.4) is 0 Å². The lowest BCUT2D eigenvalue weighted by molar-refractivity contribution is 0.398. The van der Waals surface area contributed by atoms with E-state index >= 15 is 0 Å². The summed E-state index contributed by atoms with van der Waals surface area (Å²) in [6, 6.07) is 12.3. The Balaban J connectivity index is 2.02. The fourth-order valence-electron chi connectivity index (χ4n) is 2.49. The van der Waals surface area contributed by atoms with Crippen molar-refractivity contribution < 1.29 is 8.83 Å². The van der Waals surface area contributed by atoms with E-state index in [2.05, 4.69) is 37.4 Å². The first-order chi connectivity index (χ1) is 9.71. The van der Waals surface area contributed by atoms with Crippen molar-refractivity contribution in [1.29, 1.82) is 0 Å². The van der Waals surface area contributed by atoms with Crippen LogP contribution in [0.25, 0.3) is 11.0 Å². The minimum atomic E-state index is -0.0528. The highest BCUT2D eigenvalue weighted by Gasteiger charge is 2.20. The molecule has 3 nitrogen and oxygen atoms in total. The minimum absolute atomic E-state index is 0.0528. The lowest BCUT2D eigenvalue weighted by Crippen LogP contribution is -2.16. The van der Waals surface area contributed by atoms with E-state index in [0.717, 1.165) is 34.7 Å². The van der Waals surface area contributed by atoms with Gasteiger partial charge in [-0.05, 0) is 44.3 Å². The van der Waals surface area contributed by atoms with Crippen LogP contribution in [0.15, 0.2) is 45.2 Å². The molecule has 0 bridgehead atoms. The maximum Gasteiger partial charge on any atom is 0.134 e. The maximum absolute atomic E-state index is 5.95. The van der Waals surface area contributed by atoms with Crippen LogP contribution in [0, 0.1) is 6.92 Å². The number of hydrogen-bond donors (Lipinski definition) is 1. The first-order valence-electron chi connectivity index (χ1n) is 6.97. The van der Waals surface area contributed by atoms with Crippen molar-refractivity contribution in [3.63, 3.8) is 0 Å². The van der Waals surface area contributed by atoms with E-state index in [-0.39, 0.29) is 6.04 Å². The molecule has 2 aromatic heterocycles. The van der Waals surface area contributed by atoms with Crippen LogP contribution in [0.5, 0.6) is 0 Å². The molecule has 0 fully saturated rings. The highest BCUT2D eigenvalue weighted by molar-refractivity contribution is 5.78. The van der Waals surface area contributed by atoms with Crippen LogP contribution in [-0.4, -0.2) is 7.05 Å². The molecule has 1 N–H and O–H groups in total. The topological polar surface area (TPSA) is 38.3 Å². The standard InChI is InChI=1S/C17H19NO2/c1-4-13-6-8-15(19-13)17(18-3)16-10-12-9-11(2)5-7-14(12)20-16/h5-10,17-18H,4H2,1-3H3. The molecular weight excluding hydrogens is 250 g/mol. The van der Waals surface area contributed by atoms with E-state index in [1.165, 1.54) is 5.56 Å². The minimum Gasteiger partial charge on any atom is -0.464 e. The maximum atomic E-state index is 5.95. The van der Waals surface area contributed by atoms with Gasteiger partial charge in [-0.2, -0.15) is 0 Å². The van der Waals surface area contributed by atoms with Crippen LogP contribution in [0.4, 0.5) is 0 Å². The molecule has 0 aliphatic carbocycles. The van der Waals surface area contributed by atoms with Crippen LogP contribution in [0.2, 0.25) is 0 Å². The molecule has 0 radical (unpaired) electrons. The van der Waals surface area contributed by atoms with Gasteiger partial charge in [0.15, 0.2) is 0 Å². The number of aryl methyl sites for hydroxylation is 2. The zero-order valence-corrected chi connectivity index (χ0v) is 12.1. The molecule has 104 valence electrons. The average Bonchev–Trinajstić information content (AvgIpc) is 3.06. The van der Waals surface area contributed by atoms with Crippen LogP contribution >= 0.6 is 0 Å². The summed E-state index contributed by atoms with van der Waals surface area (Å²) in [5, 5.41) is 4.39. The van der Waals surface area contributed by atoms with Gasteiger partial charge in [0, 0.05) is 11.8 Å². The van der Waals surface area contributed by atoms with E-state index in [0.29, 0.717) is 0 Å². The quantitative estimate of drug-likeness (QED) is 0.771. The molecule has 3 heteroatoms. The van der Waals surface area contributed by atoms with Crippen molar-refractivity contribution in [3.05, 3.63) is 59.2 Å². The molecule has 1 aromatic carbocycles. The van der Waals surface area contributed by atoms with Crippen molar-refractivity contribution in [2.45, 2.75) is 26.3 Å². The summed E-state index contributed by atoms with van der Waals surface area (Å²) in [4.78, 5) is 0. The van der Waals surface area contributed by atoms with Crippen molar-refractivity contribution >= 4 is 11.0 Å². The first-order valence-corrected chi connectivity index (χ1v) is 6.97. The van der Waals surface area contributed by atoms with Gasteiger partial charge in [0.25, 0.3) is 0 Å². The fraction of sp³-hybridized carbons (Fsp3) is 0.294. The summed E-state index contributed by atoms with van der Waals surface area (Å²) in [5.74, 6) is 2.76. The smallest absolute Gasteiger partial charge is 0.134 e. The Labute approximate surface area is 118 Å². The van der Waals surface area contributed by atoms with Gasteiger partial charge in [0.05, 0.1) is 0 Å². The summed E-state index contributed by atoms with van der Waals surface area (Å²) < 4.78 is 11.8. The molecule has 2 heterocycles. The number of hydrogen-bond acceptors (Lipinski definition) is 3. The Morgan fingerprint density at radius 3 is 2.60 bits per heavy atom. The van der Waals surface area contributed by atoms with E-state index in [4.69, 9.17) is 8.83 Å². The average molecular weight is 269 g/mol. The van der Waals surface area contributed by atoms with Gasteiger partial charge in [0.2, 0.25) is 0 Å². The predicted molar refractivity (Wildman–Crippen MR) is 79.9 cm³/mol. The Hall–Kier alpha value is -2.00. The molecule has 20 heavy (non-hydrogen) atoms. The first kappa shape index (κ1) is 13.0. The van der Waals surface area contributed by atoms with Crippen LogP contribution in [0.1, 0.15) is 35.8 Å². The van der Waals surface area contributed by atoms with E-state index in [1.54, 1.807) is 0 Å². The molecule has 3 rings (SSSR count). The monoisotopic (exact) mass is 269 g/mol. The normalized spacial score (nSPS) is 12.9. The second-order valence-corrected chi connectivity index (χ2v) is 5.07. The molecule has 0 aliphatic rings. The summed E-state index contributed by atoms with van der Waals surface area (Å²) in [6.07, 6.45) is 0.899. The second-order valence-electron chi connectivity index (χ2n) is 5.07. The van der Waals surface area contributed by atoms with Gasteiger partial charge < -0.3 is 14.2 Å². The number of fused-ring (bicyclic) bond motifs is 1. The van der Waals surface area contributed by atoms with Crippen molar-refractivity contribution in [2.75, 3.05) is 7.05 Å². The number of furan rings is 2. The number of benzene rings is 1. The fourth-order valence-corrected chi connectivity index (χ4v) is 2.49. The zero-order chi connectivity index (χ0) is 14.1.